The molecule has 0 spiro atoms. The SMILES string of the molecule is CCCCCc1nn(-c2nc(C(=O)O)cs2)c(N)c1Cc1ccc(S(N)(=O)=O)cc1. The Hall–Kier alpha value is -2.76. The minimum Gasteiger partial charge on any atom is -0.476 e. The van der Waals surface area contributed by atoms with Crippen LogP contribution in [0.25, 0.3) is 5.13 Å². The number of carboxylic acids is 1. The Kier molecular flexibility index (Phi) is 6.54. The van der Waals surface area contributed by atoms with Crippen molar-refractivity contribution < 1.29 is 18.3 Å². The van der Waals surface area contributed by atoms with E-state index >= 15 is 0 Å². The maximum Gasteiger partial charge on any atom is 0.355 e. The highest BCUT2D eigenvalue weighted by atomic mass is 32.2. The number of nitrogen functional groups attached to an aromatic ring is 1. The van der Waals surface area contributed by atoms with Crippen LogP contribution in [-0.4, -0.2) is 34.3 Å². The van der Waals surface area contributed by atoms with E-state index in [9.17, 15) is 13.2 Å². The lowest BCUT2D eigenvalue weighted by Crippen LogP contribution is -2.12. The fourth-order valence-electron chi connectivity index (χ4n) is 3.05. The first kappa shape index (κ1) is 21.9. The molecular formula is C19H23N5O4S2. The zero-order valence-electron chi connectivity index (χ0n) is 16.4. The van der Waals surface area contributed by atoms with Crippen molar-refractivity contribution in [1.29, 1.82) is 0 Å². The number of thiazole rings is 1. The van der Waals surface area contributed by atoms with Crippen LogP contribution in [0.15, 0.2) is 34.5 Å². The summed E-state index contributed by atoms with van der Waals surface area (Å²) < 4.78 is 24.4. The Labute approximate surface area is 178 Å². The molecule has 11 heteroatoms. The molecule has 0 fully saturated rings. The zero-order chi connectivity index (χ0) is 21.9. The second-order valence-corrected chi connectivity index (χ2v) is 9.26. The van der Waals surface area contributed by atoms with Crippen molar-refractivity contribution in [3.63, 3.8) is 0 Å². The molecule has 30 heavy (non-hydrogen) atoms. The van der Waals surface area contributed by atoms with Crippen molar-refractivity contribution in [2.24, 2.45) is 5.14 Å². The molecule has 2 heterocycles. The van der Waals surface area contributed by atoms with Gasteiger partial charge in [0.1, 0.15) is 5.82 Å². The maximum atomic E-state index is 11.5. The average Bonchev–Trinajstić information content (AvgIpc) is 3.28. The molecule has 9 nitrogen and oxygen atoms in total. The third-order valence-electron chi connectivity index (χ3n) is 4.65. The smallest absolute Gasteiger partial charge is 0.355 e. The summed E-state index contributed by atoms with van der Waals surface area (Å²) >= 11 is 1.15. The van der Waals surface area contributed by atoms with Gasteiger partial charge in [-0.3, -0.25) is 0 Å². The molecule has 3 aromatic rings. The van der Waals surface area contributed by atoms with Crippen molar-refractivity contribution in [2.45, 2.75) is 43.9 Å². The molecular weight excluding hydrogens is 426 g/mol. The molecule has 1 aromatic carbocycles. The Morgan fingerprint density at radius 3 is 2.50 bits per heavy atom. The number of hydrogen-bond acceptors (Lipinski definition) is 7. The van der Waals surface area contributed by atoms with Gasteiger partial charge < -0.3 is 10.8 Å². The number of hydrogen-bond donors (Lipinski definition) is 3. The van der Waals surface area contributed by atoms with E-state index in [1.165, 1.54) is 22.2 Å². The molecule has 3 rings (SSSR count). The van der Waals surface area contributed by atoms with E-state index in [1.807, 2.05) is 0 Å². The Morgan fingerprint density at radius 1 is 1.23 bits per heavy atom. The van der Waals surface area contributed by atoms with Gasteiger partial charge in [-0.05, 0) is 30.5 Å². The number of aromatic carboxylic acids is 1. The van der Waals surface area contributed by atoms with Gasteiger partial charge in [-0.1, -0.05) is 31.9 Å². The van der Waals surface area contributed by atoms with E-state index in [0.717, 1.165) is 53.8 Å². The lowest BCUT2D eigenvalue weighted by molar-refractivity contribution is 0.0691. The Balaban J connectivity index is 1.96. The summed E-state index contributed by atoms with van der Waals surface area (Å²) in [6.45, 7) is 2.12. The van der Waals surface area contributed by atoms with Gasteiger partial charge in [0.25, 0.3) is 0 Å². The quantitative estimate of drug-likeness (QED) is 0.424. The van der Waals surface area contributed by atoms with Crippen LogP contribution in [-0.2, 0) is 22.9 Å². The summed E-state index contributed by atoms with van der Waals surface area (Å²) in [6, 6.07) is 6.31. The van der Waals surface area contributed by atoms with Crippen molar-refractivity contribution in [2.75, 3.05) is 5.73 Å². The highest BCUT2D eigenvalue weighted by molar-refractivity contribution is 7.89. The van der Waals surface area contributed by atoms with Crippen LogP contribution in [0.1, 0.15) is 53.5 Å². The summed E-state index contributed by atoms with van der Waals surface area (Å²) in [6.07, 6.45) is 4.25. The summed E-state index contributed by atoms with van der Waals surface area (Å²) in [4.78, 5) is 15.3. The first-order valence-corrected chi connectivity index (χ1v) is 11.8. The van der Waals surface area contributed by atoms with Crippen molar-refractivity contribution in [3.05, 3.63) is 52.2 Å². The fraction of sp³-hybridized carbons (Fsp3) is 0.316. The number of nitrogens with zero attached hydrogens (tertiary/aromatic N) is 3. The molecule has 0 aliphatic carbocycles. The van der Waals surface area contributed by atoms with Crippen molar-refractivity contribution in [3.8, 4) is 5.13 Å². The third kappa shape index (κ3) is 4.86. The van der Waals surface area contributed by atoms with Gasteiger partial charge in [0.15, 0.2) is 5.69 Å². The number of carbonyl (C=O) groups is 1. The normalized spacial score (nSPS) is 11.7. The van der Waals surface area contributed by atoms with Crippen LogP contribution in [0.4, 0.5) is 5.82 Å². The van der Waals surface area contributed by atoms with Gasteiger partial charge in [-0.25, -0.2) is 23.3 Å². The predicted molar refractivity (Wildman–Crippen MR) is 114 cm³/mol. The topological polar surface area (TPSA) is 154 Å². The number of anilines is 1. The Bertz CT molecular complexity index is 1150. The van der Waals surface area contributed by atoms with Gasteiger partial charge in [0.05, 0.1) is 10.6 Å². The lowest BCUT2D eigenvalue weighted by Gasteiger charge is -2.06. The molecule has 0 saturated carbocycles. The first-order valence-electron chi connectivity index (χ1n) is 9.38. The summed E-state index contributed by atoms with van der Waals surface area (Å²) in [5.74, 6) is -0.718. The molecule has 0 aliphatic rings. The van der Waals surface area contributed by atoms with Crippen LogP contribution < -0.4 is 10.9 Å². The van der Waals surface area contributed by atoms with Crippen molar-refractivity contribution in [1.82, 2.24) is 14.8 Å². The first-order chi connectivity index (χ1) is 14.2. The number of unbranched alkanes of at least 4 members (excludes halogenated alkanes) is 2. The van der Waals surface area contributed by atoms with E-state index < -0.39 is 16.0 Å². The number of aryl methyl sites for hydroxylation is 1. The van der Waals surface area contributed by atoms with E-state index in [1.54, 1.807) is 12.1 Å². The van der Waals surface area contributed by atoms with E-state index in [0.29, 0.717) is 17.4 Å². The molecule has 0 bridgehead atoms. The maximum absolute atomic E-state index is 11.5. The molecule has 0 atom stereocenters. The predicted octanol–water partition coefficient (Wildman–Crippen LogP) is 2.58. The molecule has 0 amide bonds. The molecule has 160 valence electrons. The van der Waals surface area contributed by atoms with Crippen LogP contribution in [0.2, 0.25) is 0 Å². The number of aromatic nitrogens is 3. The van der Waals surface area contributed by atoms with Gasteiger partial charge in [-0.2, -0.15) is 9.78 Å². The van der Waals surface area contributed by atoms with Crippen LogP contribution >= 0.6 is 11.3 Å². The van der Waals surface area contributed by atoms with Crippen LogP contribution in [0.5, 0.6) is 0 Å². The summed E-state index contributed by atoms with van der Waals surface area (Å²) in [5.41, 5.74) is 8.82. The highest BCUT2D eigenvalue weighted by Gasteiger charge is 2.20. The monoisotopic (exact) mass is 449 g/mol. The lowest BCUT2D eigenvalue weighted by atomic mass is 10.0. The largest absolute Gasteiger partial charge is 0.476 e. The zero-order valence-corrected chi connectivity index (χ0v) is 18.0. The van der Waals surface area contributed by atoms with E-state index in [-0.39, 0.29) is 10.6 Å². The number of rotatable bonds is 9. The van der Waals surface area contributed by atoms with E-state index in [4.69, 9.17) is 16.0 Å². The van der Waals surface area contributed by atoms with E-state index in [2.05, 4.69) is 17.0 Å². The summed E-state index contributed by atoms with van der Waals surface area (Å²) in [5, 5.41) is 20.7. The third-order valence-corrected chi connectivity index (χ3v) is 6.39. The number of nitrogens with two attached hydrogens (primary N) is 2. The molecule has 5 N–H and O–H groups in total. The number of benzene rings is 1. The van der Waals surface area contributed by atoms with Crippen LogP contribution in [0.3, 0.4) is 0 Å². The van der Waals surface area contributed by atoms with Gasteiger partial charge in [0.2, 0.25) is 15.2 Å². The molecule has 0 unspecified atom stereocenters. The Morgan fingerprint density at radius 2 is 1.93 bits per heavy atom. The second-order valence-electron chi connectivity index (χ2n) is 6.87. The average molecular weight is 450 g/mol. The molecule has 0 aliphatic heterocycles. The molecule has 2 aromatic heterocycles. The summed E-state index contributed by atoms with van der Waals surface area (Å²) in [7, 11) is -3.76. The number of primary sulfonamides is 1. The minimum atomic E-state index is -3.76. The number of carboxylic acid groups (broad SMARTS) is 1. The van der Waals surface area contributed by atoms with Crippen LogP contribution in [0, 0.1) is 0 Å². The standard InChI is InChI=1S/C19H23N5O4S2/c1-2-3-4-5-15-14(10-12-6-8-13(9-7-12)30(21,27)28)17(20)24(23-15)19-22-16(11-29-19)18(25)26/h6-9,11H,2-5,10,20H2,1H3,(H,25,26)(H2,21,27,28). The minimum absolute atomic E-state index is 0.0436. The van der Waals surface area contributed by atoms with Gasteiger partial charge in [0, 0.05) is 17.4 Å². The van der Waals surface area contributed by atoms with Gasteiger partial charge >= 0.3 is 5.97 Å². The molecule has 0 saturated heterocycles. The fourth-order valence-corrected chi connectivity index (χ4v) is 4.33. The number of sulfonamides is 1. The molecule has 0 radical (unpaired) electrons. The highest BCUT2D eigenvalue weighted by Crippen LogP contribution is 2.27. The van der Waals surface area contributed by atoms with Crippen molar-refractivity contribution >= 4 is 33.1 Å². The van der Waals surface area contributed by atoms with Gasteiger partial charge in [-0.15, -0.1) is 11.3 Å². The second kappa shape index (κ2) is 8.94.